The zero-order valence-corrected chi connectivity index (χ0v) is 16.8. The second-order valence-electron chi connectivity index (χ2n) is 9.95. The lowest BCUT2D eigenvalue weighted by Crippen LogP contribution is -2.59. The SMILES string of the molecule is O=C(OCCn1ccnc1)C1CCC2(CC1)OOC1(O2)C2CC3CC(C2)CC1C3. The predicted molar refractivity (Wildman–Crippen MR) is 101 cm³/mol. The van der Waals surface area contributed by atoms with E-state index in [2.05, 4.69) is 4.98 Å². The van der Waals surface area contributed by atoms with Gasteiger partial charge in [-0.05, 0) is 56.8 Å². The molecule has 0 atom stereocenters. The van der Waals surface area contributed by atoms with Crippen LogP contribution in [0.3, 0.4) is 0 Å². The molecule has 0 N–H and O–H groups in total. The summed E-state index contributed by atoms with van der Waals surface area (Å²) >= 11 is 0. The zero-order valence-electron chi connectivity index (χ0n) is 16.8. The first-order chi connectivity index (χ1) is 14.1. The van der Waals surface area contributed by atoms with Crippen LogP contribution in [-0.2, 0) is 30.6 Å². The lowest BCUT2D eigenvalue weighted by Gasteiger charge is -2.57. The van der Waals surface area contributed by atoms with Crippen molar-refractivity contribution in [1.82, 2.24) is 9.55 Å². The summed E-state index contributed by atoms with van der Waals surface area (Å²) < 4.78 is 14.1. The molecule has 29 heavy (non-hydrogen) atoms. The summed E-state index contributed by atoms with van der Waals surface area (Å²) in [6, 6.07) is 0. The van der Waals surface area contributed by atoms with Gasteiger partial charge in [0.2, 0.25) is 11.6 Å². The summed E-state index contributed by atoms with van der Waals surface area (Å²) in [5, 5.41) is 0. The molecule has 2 spiro atoms. The number of imidazole rings is 1. The Morgan fingerprint density at radius 2 is 1.79 bits per heavy atom. The van der Waals surface area contributed by atoms with Gasteiger partial charge in [-0.3, -0.25) is 4.79 Å². The third-order valence-electron chi connectivity index (χ3n) is 8.18. The fraction of sp³-hybridized carbons (Fsp3) is 0.818. The maximum atomic E-state index is 12.5. The average Bonchev–Trinajstić information content (AvgIpc) is 3.36. The van der Waals surface area contributed by atoms with Crippen molar-refractivity contribution in [3.05, 3.63) is 18.7 Å². The summed E-state index contributed by atoms with van der Waals surface area (Å²) in [4.78, 5) is 28.5. The van der Waals surface area contributed by atoms with Crippen molar-refractivity contribution in [3.8, 4) is 0 Å². The summed E-state index contributed by atoms with van der Waals surface area (Å²) in [7, 11) is 0. The van der Waals surface area contributed by atoms with Gasteiger partial charge in [0.05, 0.1) is 18.8 Å². The van der Waals surface area contributed by atoms with E-state index < -0.39 is 11.6 Å². The molecular weight excluding hydrogens is 372 g/mol. The first-order valence-electron chi connectivity index (χ1n) is 11.3. The third kappa shape index (κ3) is 3.04. The highest BCUT2D eigenvalue weighted by Crippen LogP contribution is 2.63. The molecule has 1 aromatic rings. The summed E-state index contributed by atoms with van der Waals surface area (Å²) in [6.45, 7) is 1.01. The van der Waals surface area contributed by atoms with Crippen LogP contribution in [0.4, 0.5) is 0 Å². The van der Waals surface area contributed by atoms with Gasteiger partial charge in [0.25, 0.3) is 0 Å². The second kappa shape index (κ2) is 6.79. The standard InChI is InChI=1S/C22H30N2O5/c25-20(26-8-7-24-6-5-23-14-24)17-1-3-21(4-2-17)27-22(29-28-21)18-10-15-9-16(12-18)13-19(22)11-15/h5-6,14-19H,1-4,7-13H2. The molecule has 5 saturated carbocycles. The van der Waals surface area contributed by atoms with Crippen LogP contribution in [0.5, 0.6) is 0 Å². The van der Waals surface area contributed by atoms with Crippen molar-refractivity contribution in [2.75, 3.05) is 6.61 Å². The Kier molecular flexibility index (Phi) is 4.29. The van der Waals surface area contributed by atoms with Crippen molar-refractivity contribution in [2.45, 2.75) is 75.9 Å². The van der Waals surface area contributed by atoms with Crippen molar-refractivity contribution in [1.29, 1.82) is 0 Å². The molecule has 1 saturated heterocycles. The molecule has 4 bridgehead atoms. The molecule has 6 aliphatic rings. The number of aromatic nitrogens is 2. The Morgan fingerprint density at radius 1 is 1.07 bits per heavy atom. The number of carbonyl (C=O) groups is 1. The van der Waals surface area contributed by atoms with E-state index >= 15 is 0 Å². The van der Waals surface area contributed by atoms with Crippen LogP contribution in [0.2, 0.25) is 0 Å². The molecule has 6 fully saturated rings. The van der Waals surface area contributed by atoms with E-state index in [0.29, 0.717) is 37.8 Å². The predicted octanol–water partition coefficient (Wildman–Crippen LogP) is 3.44. The minimum Gasteiger partial charge on any atom is -0.464 e. The Balaban J connectivity index is 1.04. The highest BCUT2D eigenvalue weighted by atomic mass is 17.3. The number of esters is 1. The van der Waals surface area contributed by atoms with Crippen LogP contribution in [0.1, 0.15) is 57.8 Å². The van der Waals surface area contributed by atoms with Gasteiger partial charge in [-0.1, -0.05) is 0 Å². The van der Waals surface area contributed by atoms with Gasteiger partial charge in [-0.25, -0.2) is 4.98 Å². The van der Waals surface area contributed by atoms with Crippen LogP contribution < -0.4 is 0 Å². The lowest BCUT2D eigenvalue weighted by molar-refractivity contribution is -0.390. The number of rotatable bonds is 4. The molecule has 0 amide bonds. The molecule has 158 valence electrons. The Bertz CT molecular complexity index is 727. The van der Waals surface area contributed by atoms with E-state index in [4.69, 9.17) is 19.2 Å². The van der Waals surface area contributed by atoms with E-state index in [0.717, 1.165) is 24.7 Å². The van der Waals surface area contributed by atoms with E-state index in [1.807, 2.05) is 10.8 Å². The molecule has 2 heterocycles. The fourth-order valence-electron chi connectivity index (χ4n) is 6.88. The highest BCUT2D eigenvalue weighted by molar-refractivity contribution is 5.72. The van der Waals surface area contributed by atoms with E-state index in [9.17, 15) is 4.79 Å². The first-order valence-corrected chi connectivity index (χ1v) is 11.3. The topological polar surface area (TPSA) is 71.8 Å². The molecule has 0 unspecified atom stereocenters. The zero-order chi connectivity index (χ0) is 19.5. The maximum Gasteiger partial charge on any atom is 0.308 e. The van der Waals surface area contributed by atoms with Gasteiger partial charge in [0, 0.05) is 37.1 Å². The summed E-state index contributed by atoms with van der Waals surface area (Å²) in [5.74, 6) is 1.30. The van der Waals surface area contributed by atoms with E-state index in [1.165, 1.54) is 32.1 Å². The molecular formula is C22H30N2O5. The molecule has 7 rings (SSSR count). The van der Waals surface area contributed by atoms with Gasteiger partial charge in [-0.15, -0.1) is 0 Å². The van der Waals surface area contributed by atoms with E-state index in [-0.39, 0.29) is 11.9 Å². The van der Waals surface area contributed by atoms with Crippen molar-refractivity contribution < 1.29 is 24.0 Å². The van der Waals surface area contributed by atoms with Crippen LogP contribution in [0.25, 0.3) is 0 Å². The molecule has 5 aliphatic carbocycles. The summed E-state index contributed by atoms with van der Waals surface area (Å²) in [6.07, 6.45) is 14.5. The minimum atomic E-state index is -0.664. The smallest absolute Gasteiger partial charge is 0.308 e. The lowest BCUT2D eigenvalue weighted by atomic mass is 9.53. The number of carbonyl (C=O) groups excluding carboxylic acids is 1. The summed E-state index contributed by atoms with van der Waals surface area (Å²) in [5.41, 5.74) is 0. The second-order valence-corrected chi connectivity index (χ2v) is 9.95. The molecule has 0 aromatic carbocycles. The largest absolute Gasteiger partial charge is 0.464 e. The Morgan fingerprint density at radius 3 is 2.45 bits per heavy atom. The third-order valence-corrected chi connectivity index (χ3v) is 8.18. The van der Waals surface area contributed by atoms with Gasteiger partial charge in [-0.2, -0.15) is 9.78 Å². The van der Waals surface area contributed by atoms with Crippen molar-refractivity contribution >= 4 is 5.97 Å². The van der Waals surface area contributed by atoms with Crippen LogP contribution in [0, 0.1) is 29.6 Å². The van der Waals surface area contributed by atoms with Crippen molar-refractivity contribution in [3.63, 3.8) is 0 Å². The number of hydrogen-bond acceptors (Lipinski definition) is 6. The quantitative estimate of drug-likeness (QED) is 0.567. The normalized spacial score (nSPS) is 45.3. The number of hydrogen-bond donors (Lipinski definition) is 0. The van der Waals surface area contributed by atoms with Gasteiger partial charge in [0.1, 0.15) is 6.61 Å². The number of ether oxygens (including phenoxy) is 2. The molecule has 1 aromatic heterocycles. The molecule has 0 radical (unpaired) electrons. The average molecular weight is 402 g/mol. The van der Waals surface area contributed by atoms with Gasteiger partial charge < -0.3 is 14.0 Å². The van der Waals surface area contributed by atoms with Crippen LogP contribution in [-0.4, -0.2) is 33.7 Å². The molecule has 7 nitrogen and oxygen atoms in total. The van der Waals surface area contributed by atoms with Crippen LogP contribution >= 0.6 is 0 Å². The van der Waals surface area contributed by atoms with Crippen molar-refractivity contribution in [2.24, 2.45) is 29.6 Å². The van der Waals surface area contributed by atoms with Crippen LogP contribution in [0.15, 0.2) is 18.7 Å². The van der Waals surface area contributed by atoms with E-state index in [1.54, 1.807) is 12.5 Å². The number of nitrogens with zero attached hydrogens (tertiary/aromatic N) is 2. The Hall–Kier alpha value is -1.44. The van der Waals surface area contributed by atoms with Gasteiger partial charge in [0.15, 0.2) is 0 Å². The molecule has 1 aliphatic heterocycles. The first kappa shape index (κ1) is 18.3. The van der Waals surface area contributed by atoms with Gasteiger partial charge >= 0.3 is 5.97 Å². The monoisotopic (exact) mass is 402 g/mol. The fourth-order valence-corrected chi connectivity index (χ4v) is 6.88. The highest BCUT2D eigenvalue weighted by Gasteiger charge is 2.66. The maximum absolute atomic E-state index is 12.5. The Labute approximate surface area is 171 Å². The minimum absolute atomic E-state index is 0.0781. The molecule has 7 heteroatoms.